The van der Waals surface area contributed by atoms with Gasteiger partial charge in [0.15, 0.2) is 0 Å². The lowest BCUT2D eigenvalue weighted by molar-refractivity contribution is 0.166. The molecule has 1 rings (SSSR count). The van der Waals surface area contributed by atoms with Crippen molar-refractivity contribution < 1.29 is 10.2 Å². The van der Waals surface area contributed by atoms with E-state index in [0.717, 1.165) is 11.1 Å². The summed E-state index contributed by atoms with van der Waals surface area (Å²) >= 11 is 0. The highest BCUT2D eigenvalue weighted by atomic mass is 16.3. The Morgan fingerprint density at radius 3 is 2.43 bits per heavy atom. The van der Waals surface area contributed by atoms with Crippen LogP contribution in [0.4, 0.5) is 0 Å². The first kappa shape index (κ1) is 11.0. The quantitative estimate of drug-likeness (QED) is 0.682. The van der Waals surface area contributed by atoms with Crippen LogP contribution in [0.25, 0.3) is 0 Å². The molecule has 0 aliphatic heterocycles. The maximum atomic E-state index is 9.68. The lowest BCUT2D eigenvalue weighted by Gasteiger charge is -2.13. The van der Waals surface area contributed by atoms with Gasteiger partial charge in [-0.2, -0.15) is 0 Å². The van der Waals surface area contributed by atoms with Gasteiger partial charge in [-0.3, -0.25) is 0 Å². The van der Waals surface area contributed by atoms with E-state index in [-0.39, 0.29) is 5.75 Å². The van der Waals surface area contributed by atoms with Gasteiger partial charge in [0.2, 0.25) is 0 Å². The van der Waals surface area contributed by atoms with E-state index >= 15 is 0 Å². The van der Waals surface area contributed by atoms with Crippen molar-refractivity contribution in [2.45, 2.75) is 26.4 Å². The number of hydrogen-bond donors (Lipinski definition) is 3. The molecule has 3 heteroatoms. The van der Waals surface area contributed by atoms with E-state index in [1.54, 1.807) is 6.07 Å². The average Bonchev–Trinajstić information content (AvgIpc) is 2.11. The molecule has 0 spiro atoms. The van der Waals surface area contributed by atoms with Gasteiger partial charge in [-0.25, -0.2) is 0 Å². The molecule has 0 heterocycles. The fourth-order valence-electron chi connectivity index (χ4n) is 1.40. The standard InChI is InChI=1S/C11H17NO2/c1-7-5-9(10(13)3-4-12)11(14)6-8(7)2/h5-6,10,13-14H,3-4,12H2,1-2H3. The molecule has 0 aliphatic carbocycles. The van der Waals surface area contributed by atoms with Crippen LogP contribution in [0.15, 0.2) is 12.1 Å². The second-order valence-electron chi connectivity index (χ2n) is 3.59. The molecule has 0 aromatic heterocycles. The second kappa shape index (κ2) is 4.44. The van der Waals surface area contributed by atoms with Crippen LogP contribution in [0.1, 0.15) is 29.2 Å². The van der Waals surface area contributed by atoms with Gasteiger partial charge in [0.25, 0.3) is 0 Å². The Bertz CT molecular complexity index is 323. The molecule has 14 heavy (non-hydrogen) atoms. The summed E-state index contributed by atoms with van der Waals surface area (Å²) in [7, 11) is 0. The van der Waals surface area contributed by atoms with Crippen LogP contribution in [0.2, 0.25) is 0 Å². The minimum Gasteiger partial charge on any atom is -0.508 e. The molecule has 1 atom stereocenters. The van der Waals surface area contributed by atoms with Crippen molar-refractivity contribution in [2.24, 2.45) is 5.73 Å². The maximum absolute atomic E-state index is 9.68. The predicted molar refractivity (Wildman–Crippen MR) is 56.2 cm³/mol. The molecule has 1 unspecified atom stereocenters. The summed E-state index contributed by atoms with van der Waals surface area (Å²) in [5.74, 6) is 0.147. The zero-order chi connectivity index (χ0) is 10.7. The highest BCUT2D eigenvalue weighted by Crippen LogP contribution is 2.28. The Kier molecular flexibility index (Phi) is 3.49. The molecule has 0 saturated carbocycles. The van der Waals surface area contributed by atoms with E-state index in [2.05, 4.69) is 0 Å². The molecule has 1 aromatic carbocycles. The third-order valence-electron chi connectivity index (χ3n) is 2.44. The Hall–Kier alpha value is -1.06. The van der Waals surface area contributed by atoms with Crippen LogP contribution < -0.4 is 5.73 Å². The molecule has 78 valence electrons. The van der Waals surface area contributed by atoms with Crippen LogP contribution >= 0.6 is 0 Å². The number of aliphatic hydroxyl groups is 1. The van der Waals surface area contributed by atoms with E-state index in [0.29, 0.717) is 18.5 Å². The van der Waals surface area contributed by atoms with E-state index in [1.807, 2.05) is 19.9 Å². The van der Waals surface area contributed by atoms with Crippen LogP contribution in [0.5, 0.6) is 5.75 Å². The van der Waals surface area contributed by atoms with Gasteiger partial charge in [-0.15, -0.1) is 0 Å². The molecular formula is C11H17NO2. The first-order valence-corrected chi connectivity index (χ1v) is 4.74. The molecule has 0 fully saturated rings. The summed E-state index contributed by atoms with van der Waals surface area (Å²) in [4.78, 5) is 0. The summed E-state index contributed by atoms with van der Waals surface area (Å²) in [6, 6.07) is 3.48. The van der Waals surface area contributed by atoms with Crippen LogP contribution in [0, 0.1) is 13.8 Å². The normalized spacial score (nSPS) is 12.9. The Balaban J connectivity index is 3.02. The fraction of sp³-hybridized carbons (Fsp3) is 0.455. The number of aromatic hydroxyl groups is 1. The van der Waals surface area contributed by atoms with Gasteiger partial charge in [0.05, 0.1) is 6.10 Å². The van der Waals surface area contributed by atoms with Crippen molar-refractivity contribution in [3.63, 3.8) is 0 Å². The molecule has 0 aliphatic rings. The van der Waals surface area contributed by atoms with E-state index in [1.165, 1.54) is 0 Å². The number of phenols is 1. The van der Waals surface area contributed by atoms with Gasteiger partial charge >= 0.3 is 0 Å². The number of benzene rings is 1. The number of phenolic OH excluding ortho intramolecular Hbond substituents is 1. The molecule has 1 aromatic rings. The smallest absolute Gasteiger partial charge is 0.121 e. The van der Waals surface area contributed by atoms with Gasteiger partial charge < -0.3 is 15.9 Å². The Morgan fingerprint density at radius 1 is 1.29 bits per heavy atom. The number of aliphatic hydroxyl groups excluding tert-OH is 1. The van der Waals surface area contributed by atoms with Crippen molar-refractivity contribution in [1.29, 1.82) is 0 Å². The van der Waals surface area contributed by atoms with Crippen molar-refractivity contribution >= 4 is 0 Å². The Labute approximate surface area is 84.2 Å². The summed E-state index contributed by atoms with van der Waals surface area (Å²) in [5, 5.41) is 19.3. The van der Waals surface area contributed by atoms with Crippen molar-refractivity contribution in [3.05, 3.63) is 28.8 Å². The SMILES string of the molecule is Cc1cc(O)c(C(O)CCN)cc1C. The molecular weight excluding hydrogens is 178 g/mol. The van der Waals surface area contributed by atoms with Crippen molar-refractivity contribution in [1.82, 2.24) is 0 Å². The molecule has 0 amide bonds. The fourth-order valence-corrected chi connectivity index (χ4v) is 1.40. The molecule has 4 N–H and O–H groups in total. The monoisotopic (exact) mass is 195 g/mol. The first-order valence-electron chi connectivity index (χ1n) is 4.74. The van der Waals surface area contributed by atoms with Crippen molar-refractivity contribution in [2.75, 3.05) is 6.54 Å². The molecule has 0 saturated heterocycles. The topological polar surface area (TPSA) is 66.5 Å². The summed E-state index contributed by atoms with van der Waals surface area (Å²) < 4.78 is 0. The molecule has 3 nitrogen and oxygen atoms in total. The number of rotatable bonds is 3. The summed E-state index contributed by atoms with van der Waals surface area (Å²) in [5.41, 5.74) is 7.99. The van der Waals surface area contributed by atoms with E-state index in [4.69, 9.17) is 5.73 Å². The number of aryl methyl sites for hydroxylation is 2. The zero-order valence-corrected chi connectivity index (χ0v) is 8.62. The average molecular weight is 195 g/mol. The lowest BCUT2D eigenvalue weighted by Crippen LogP contribution is -2.07. The maximum Gasteiger partial charge on any atom is 0.121 e. The summed E-state index contributed by atoms with van der Waals surface area (Å²) in [6.45, 7) is 4.29. The lowest BCUT2D eigenvalue weighted by atomic mass is 10.00. The van der Waals surface area contributed by atoms with Gasteiger partial charge in [0, 0.05) is 5.56 Å². The van der Waals surface area contributed by atoms with Gasteiger partial charge in [0.1, 0.15) is 5.75 Å². The number of nitrogens with two attached hydrogens (primary N) is 1. The van der Waals surface area contributed by atoms with Crippen LogP contribution in [-0.2, 0) is 0 Å². The van der Waals surface area contributed by atoms with E-state index in [9.17, 15) is 10.2 Å². The third-order valence-corrected chi connectivity index (χ3v) is 2.44. The van der Waals surface area contributed by atoms with Crippen LogP contribution in [-0.4, -0.2) is 16.8 Å². The highest BCUT2D eigenvalue weighted by Gasteiger charge is 2.12. The third kappa shape index (κ3) is 2.25. The molecule has 0 bridgehead atoms. The predicted octanol–water partition coefficient (Wildman–Crippen LogP) is 1.39. The second-order valence-corrected chi connectivity index (χ2v) is 3.59. The van der Waals surface area contributed by atoms with E-state index < -0.39 is 6.10 Å². The molecule has 0 radical (unpaired) electrons. The zero-order valence-electron chi connectivity index (χ0n) is 8.62. The Morgan fingerprint density at radius 2 is 1.86 bits per heavy atom. The summed E-state index contributed by atoms with van der Waals surface area (Å²) in [6.07, 6.45) is -0.199. The number of hydrogen-bond acceptors (Lipinski definition) is 3. The largest absolute Gasteiger partial charge is 0.508 e. The minimum absolute atomic E-state index is 0.147. The highest BCUT2D eigenvalue weighted by molar-refractivity contribution is 5.41. The van der Waals surface area contributed by atoms with Gasteiger partial charge in [-0.05, 0) is 50.1 Å². The van der Waals surface area contributed by atoms with Gasteiger partial charge in [-0.1, -0.05) is 0 Å². The first-order chi connectivity index (χ1) is 6.56. The van der Waals surface area contributed by atoms with Crippen LogP contribution in [0.3, 0.4) is 0 Å². The minimum atomic E-state index is -0.667. The van der Waals surface area contributed by atoms with Crippen molar-refractivity contribution in [3.8, 4) is 5.75 Å².